The Morgan fingerprint density at radius 2 is 1.82 bits per heavy atom. The van der Waals surface area contributed by atoms with Gasteiger partial charge in [0.25, 0.3) is 0 Å². The van der Waals surface area contributed by atoms with Crippen LogP contribution in [0.15, 0.2) is 46.7 Å². The Bertz CT molecular complexity index is 1270. The maximum Gasteiger partial charge on any atom is 0.243 e. The quantitative estimate of drug-likeness (QED) is 0.432. The minimum Gasteiger partial charge on any atom is -0.496 e. The highest BCUT2D eigenvalue weighted by Gasteiger charge is 2.26. The van der Waals surface area contributed by atoms with Crippen LogP contribution in [-0.4, -0.2) is 58.0 Å². The maximum absolute atomic E-state index is 13.2. The number of amides is 1. The Hall–Kier alpha value is -3.15. The smallest absolute Gasteiger partial charge is 0.243 e. The molecule has 3 aromatic rings. The minimum atomic E-state index is -3.88. The third kappa shape index (κ3) is 5.49. The van der Waals surface area contributed by atoms with Gasteiger partial charge >= 0.3 is 0 Å². The van der Waals surface area contributed by atoms with Crippen LogP contribution in [-0.2, 0) is 14.8 Å². The lowest BCUT2D eigenvalue weighted by molar-refractivity contribution is -0.116. The van der Waals surface area contributed by atoms with Crippen LogP contribution in [0.25, 0.3) is 11.3 Å². The van der Waals surface area contributed by atoms with Crippen LogP contribution < -0.4 is 20.1 Å². The number of methoxy groups -OCH3 is 2. The van der Waals surface area contributed by atoms with E-state index < -0.39 is 15.9 Å². The number of anilines is 2. The normalized spacial score (nSPS) is 11.4. The third-order valence-corrected chi connectivity index (χ3v) is 7.94. The highest BCUT2D eigenvalue weighted by molar-refractivity contribution is 7.89. The molecular weight excluding hydrogens is 476 g/mol. The summed E-state index contributed by atoms with van der Waals surface area (Å²) >= 11 is 1.47. The van der Waals surface area contributed by atoms with E-state index in [4.69, 9.17) is 9.47 Å². The first-order chi connectivity index (χ1) is 16.2. The summed E-state index contributed by atoms with van der Waals surface area (Å²) in [5.74, 6) is 0.562. The molecule has 0 radical (unpaired) electrons. The number of carbonyl (C=O) groups excluding carboxylic acids is 1. The summed E-state index contributed by atoms with van der Waals surface area (Å²) in [6, 6.07) is 9.94. The van der Waals surface area contributed by atoms with E-state index in [-0.39, 0.29) is 18.0 Å². The Balaban J connectivity index is 1.81. The van der Waals surface area contributed by atoms with Gasteiger partial charge in [-0.05, 0) is 48.9 Å². The molecule has 0 aliphatic rings. The first-order valence-electron chi connectivity index (χ1n) is 10.5. The molecule has 0 saturated heterocycles. The number of rotatable bonds is 10. The largest absolute Gasteiger partial charge is 0.496 e. The molecule has 0 unspecified atom stereocenters. The second-order valence-electron chi connectivity index (χ2n) is 7.31. The molecule has 0 bridgehead atoms. The fourth-order valence-corrected chi connectivity index (χ4v) is 5.54. The average Bonchev–Trinajstić information content (AvgIpc) is 3.31. The summed E-state index contributed by atoms with van der Waals surface area (Å²) < 4.78 is 38.0. The van der Waals surface area contributed by atoms with Gasteiger partial charge in [-0.25, -0.2) is 13.4 Å². The standard InChI is InChI=1S/C23H28N4O5S2/c1-6-27(34(29,30)17-8-10-20(31-4)15(2)11-17)13-22(28)25-18-12-16(7-9-21(18)32-5)19-14-33-23(24-3)26-19/h7-12,14H,6,13H2,1-5H3,(H,24,26)(H,25,28). The lowest BCUT2D eigenvalue weighted by atomic mass is 10.1. The number of aromatic nitrogens is 1. The number of ether oxygens (including phenoxy) is 2. The highest BCUT2D eigenvalue weighted by atomic mass is 32.2. The molecule has 1 aromatic heterocycles. The highest BCUT2D eigenvalue weighted by Crippen LogP contribution is 2.32. The maximum atomic E-state index is 13.2. The van der Waals surface area contributed by atoms with Crippen molar-refractivity contribution in [3.8, 4) is 22.8 Å². The van der Waals surface area contributed by atoms with Crippen LogP contribution in [0.4, 0.5) is 10.8 Å². The van der Waals surface area contributed by atoms with Gasteiger partial charge in [0.15, 0.2) is 5.13 Å². The summed E-state index contributed by atoms with van der Waals surface area (Å²) in [5, 5.41) is 8.45. The summed E-state index contributed by atoms with van der Waals surface area (Å²) in [5.41, 5.74) is 2.66. The van der Waals surface area contributed by atoms with E-state index in [1.165, 1.54) is 37.7 Å². The molecule has 182 valence electrons. The van der Waals surface area contributed by atoms with E-state index in [9.17, 15) is 13.2 Å². The predicted octanol–water partition coefficient (Wildman–Crippen LogP) is 3.83. The van der Waals surface area contributed by atoms with E-state index in [0.717, 1.165) is 20.7 Å². The fourth-order valence-electron chi connectivity index (χ4n) is 3.36. The van der Waals surface area contributed by atoms with Crippen LogP contribution in [0.2, 0.25) is 0 Å². The van der Waals surface area contributed by atoms with E-state index in [2.05, 4.69) is 15.6 Å². The molecule has 0 atom stereocenters. The minimum absolute atomic E-state index is 0.101. The molecule has 11 heteroatoms. The second kappa shape index (κ2) is 10.9. The van der Waals surface area contributed by atoms with Crippen LogP contribution >= 0.6 is 11.3 Å². The molecule has 0 aliphatic heterocycles. The summed E-state index contributed by atoms with van der Waals surface area (Å²) in [6.07, 6.45) is 0. The molecule has 2 N–H and O–H groups in total. The molecule has 1 heterocycles. The lowest BCUT2D eigenvalue weighted by Crippen LogP contribution is -2.37. The van der Waals surface area contributed by atoms with Crippen molar-refractivity contribution in [3.05, 3.63) is 47.3 Å². The van der Waals surface area contributed by atoms with Crippen molar-refractivity contribution in [2.75, 3.05) is 45.0 Å². The van der Waals surface area contributed by atoms with Gasteiger partial charge in [0.05, 0.1) is 37.0 Å². The first-order valence-corrected chi connectivity index (χ1v) is 12.8. The number of benzene rings is 2. The van der Waals surface area contributed by atoms with Gasteiger partial charge in [0.2, 0.25) is 15.9 Å². The van der Waals surface area contributed by atoms with E-state index in [1.54, 1.807) is 39.1 Å². The van der Waals surface area contributed by atoms with E-state index in [1.807, 2.05) is 11.4 Å². The van der Waals surface area contributed by atoms with Gasteiger partial charge in [-0.15, -0.1) is 11.3 Å². The fraction of sp³-hybridized carbons (Fsp3) is 0.304. The van der Waals surface area contributed by atoms with Crippen molar-refractivity contribution < 1.29 is 22.7 Å². The van der Waals surface area contributed by atoms with Crippen molar-refractivity contribution in [3.63, 3.8) is 0 Å². The Kier molecular flexibility index (Phi) is 8.13. The number of hydrogen-bond acceptors (Lipinski definition) is 8. The number of sulfonamides is 1. The molecular formula is C23H28N4O5S2. The molecule has 0 spiro atoms. The lowest BCUT2D eigenvalue weighted by Gasteiger charge is -2.21. The van der Waals surface area contributed by atoms with Gasteiger partial charge in [-0.2, -0.15) is 4.31 Å². The number of likely N-dealkylation sites (N-methyl/N-ethyl adjacent to an activating group) is 1. The summed E-state index contributed by atoms with van der Waals surface area (Å²) in [7, 11) is 0.938. The number of carbonyl (C=O) groups is 1. The van der Waals surface area contributed by atoms with Crippen molar-refractivity contribution in [2.45, 2.75) is 18.7 Å². The molecule has 34 heavy (non-hydrogen) atoms. The molecule has 0 fully saturated rings. The monoisotopic (exact) mass is 504 g/mol. The molecule has 0 aliphatic carbocycles. The molecule has 9 nitrogen and oxygen atoms in total. The first kappa shape index (κ1) is 25.5. The summed E-state index contributed by atoms with van der Waals surface area (Å²) in [4.78, 5) is 17.5. The summed E-state index contributed by atoms with van der Waals surface area (Å²) in [6.45, 7) is 3.23. The molecule has 2 aromatic carbocycles. The molecule has 1 amide bonds. The number of nitrogens with one attached hydrogen (secondary N) is 2. The number of thiazole rings is 1. The zero-order valence-corrected chi connectivity index (χ0v) is 21.3. The van der Waals surface area contributed by atoms with Gasteiger partial charge in [0.1, 0.15) is 11.5 Å². The topological polar surface area (TPSA) is 110 Å². The van der Waals surface area contributed by atoms with Crippen LogP contribution in [0.5, 0.6) is 11.5 Å². The van der Waals surface area contributed by atoms with Crippen LogP contribution in [0.1, 0.15) is 12.5 Å². The number of nitrogens with zero attached hydrogens (tertiary/aromatic N) is 2. The van der Waals surface area contributed by atoms with Gasteiger partial charge in [0, 0.05) is 24.5 Å². The zero-order valence-electron chi connectivity index (χ0n) is 19.7. The Morgan fingerprint density at radius 3 is 2.41 bits per heavy atom. The van der Waals surface area contributed by atoms with Gasteiger partial charge in [-0.3, -0.25) is 4.79 Å². The van der Waals surface area contributed by atoms with Crippen molar-refractivity contribution in [2.24, 2.45) is 0 Å². The van der Waals surface area contributed by atoms with Crippen molar-refractivity contribution in [1.29, 1.82) is 0 Å². The van der Waals surface area contributed by atoms with E-state index in [0.29, 0.717) is 22.7 Å². The van der Waals surface area contributed by atoms with Crippen molar-refractivity contribution in [1.82, 2.24) is 9.29 Å². The van der Waals surface area contributed by atoms with Crippen molar-refractivity contribution >= 4 is 38.1 Å². The Morgan fingerprint density at radius 1 is 1.12 bits per heavy atom. The zero-order chi connectivity index (χ0) is 24.9. The average molecular weight is 505 g/mol. The second-order valence-corrected chi connectivity index (χ2v) is 10.1. The van der Waals surface area contributed by atoms with Gasteiger partial charge < -0.3 is 20.1 Å². The third-order valence-electron chi connectivity index (χ3n) is 5.16. The van der Waals surface area contributed by atoms with Crippen LogP contribution in [0.3, 0.4) is 0 Å². The number of aryl methyl sites for hydroxylation is 1. The van der Waals surface area contributed by atoms with E-state index >= 15 is 0 Å². The molecule has 0 saturated carbocycles. The Labute approximate surface area is 203 Å². The SMILES string of the molecule is CCN(CC(=O)Nc1cc(-c2csc(NC)n2)ccc1OC)S(=O)(=O)c1ccc(OC)c(C)c1. The van der Waals surface area contributed by atoms with Gasteiger partial charge in [-0.1, -0.05) is 6.92 Å². The number of hydrogen-bond donors (Lipinski definition) is 2. The predicted molar refractivity (Wildman–Crippen MR) is 134 cm³/mol. The van der Waals surface area contributed by atoms with Crippen LogP contribution in [0, 0.1) is 6.92 Å². The molecule has 3 rings (SSSR count).